The van der Waals surface area contributed by atoms with Crippen LogP contribution in [0.3, 0.4) is 0 Å². The summed E-state index contributed by atoms with van der Waals surface area (Å²) in [6, 6.07) is 7.66. The molecule has 22 heavy (non-hydrogen) atoms. The number of benzene rings is 1. The third-order valence-electron chi connectivity index (χ3n) is 3.63. The molecule has 0 bridgehead atoms. The minimum atomic E-state index is -0.739. The van der Waals surface area contributed by atoms with Crippen LogP contribution in [0, 0.1) is 0 Å². The Hall–Kier alpha value is -2.63. The minimum absolute atomic E-state index is 0.0999. The van der Waals surface area contributed by atoms with Gasteiger partial charge in [-0.3, -0.25) is 4.79 Å². The standard InChI is InChI=1S/C16H16N2O4/c1-18-15(19)14(16(20)21-2)13(9-17-18)22-12-5-3-4-11(8-12)10-6-7-10/h3-5,8-10H,6-7H2,1-2H3. The lowest BCUT2D eigenvalue weighted by atomic mass is 10.1. The molecule has 1 fully saturated rings. The van der Waals surface area contributed by atoms with E-state index in [2.05, 4.69) is 9.84 Å². The second-order valence-electron chi connectivity index (χ2n) is 5.25. The summed E-state index contributed by atoms with van der Waals surface area (Å²) < 4.78 is 11.4. The molecular weight excluding hydrogens is 284 g/mol. The van der Waals surface area contributed by atoms with Crippen LogP contribution in [0.4, 0.5) is 0 Å². The van der Waals surface area contributed by atoms with Crippen molar-refractivity contribution in [2.75, 3.05) is 7.11 Å². The van der Waals surface area contributed by atoms with Crippen LogP contribution in [-0.4, -0.2) is 22.9 Å². The molecule has 0 N–H and O–H groups in total. The number of rotatable bonds is 4. The van der Waals surface area contributed by atoms with E-state index in [1.165, 1.54) is 38.8 Å². The molecule has 1 aromatic heterocycles. The van der Waals surface area contributed by atoms with Gasteiger partial charge < -0.3 is 9.47 Å². The molecule has 0 unspecified atom stereocenters. The molecule has 114 valence electrons. The van der Waals surface area contributed by atoms with Crippen LogP contribution in [0.1, 0.15) is 34.7 Å². The van der Waals surface area contributed by atoms with Gasteiger partial charge in [0, 0.05) is 7.05 Å². The van der Waals surface area contributed by atoms with E-state index in [1.54, 1.807) is 6.07 Å². The Kier molecular flexibility index (Phi) is 3.66. The monoisotopic (exact) mass is 300 g/mol. The highest BCUT2D eigenvalue weighted by Gasteiger charge is 2.24. The fraction of sp³-hybridized carbons (Fsp3) is 0.312. The first-order valence-electron chi connectivity index (χ1n) is 7.02. The molecule has 1 saturated carbocycles. The maximum absolute atomic E-state index is 12.1. The van der Waals surface area contributed by atoms with Gasteiger partial charge in [0.05, 0.1) is 13.3 Å². The SMILES string of the molecule is COC(=O)c1c(Oc2cccc(C3CC3)c2)cnn(C)c1=O. The number of aromatic nitrogens is 2. The third-order valence-corrected chi connectivity index (χ3v) is 3.63. The number of methoxy groups -OCH3 is 1. The van der Waals surface area contributed by atoms with Gasteiger partial charge in [0.25, 0.3) is 5.56 Å². The summed E-state index contributed by atoms with van der Waals surface area (Å²) in [5, 5.41) is 3.89. The molecule has 0 aliphatic heterocycles. The average Bonchev–Trinajstić information content (AvgIpc) is 3.36. The van der Waals surface area contributed by atoms with Gasteiger partial charge in [-0.1, -0.05) is 12.1 Å². The fourth-order valence-corrected chi connectivity index (χ4v) is 2.27. The second-order valence-corrected chi connectivity index (χ2v) is 5.25. The number of carbonyl (C=O) groups is 1. The van der Waals surface area contributed by atoms with Crippen LogP contribution in [0.2, 0.25) is 0 Å². The molecule has 6 nitrogen and oxygen atoms in total. The number of aryl methyl sites for hydroxylation is 1. The van der Waals surface area contributed by atoms with Crippen molar-refractivity contribution < 1.29 is 14.3 Å². The highest BCUT2D eigenvalue weighted by molar-refractivity contribution is 5.91. The summed E-state index contributed by atoms with van der Waals surface area (Å²) in [6.07, 6.45) is 3.71. The summed E-state index contributed by atoms with van der Waals surface area (Å²) in [5.74, 6) is 0.522. The molecular formula is C16H16N2O4. The summed E-state index contributed by atoms with van der Waals surface area (Å²) >= 11 is 0. The van der Waals surface area contributed by atoms with Gasteiger partial charge in [-0.05, 0) is 36.5 Å². The van der Waals surface area contributed by atoms with E-state index < -0.39 is 11.5 Å². The Morgan fingerprint density at radius 3 is 2.82 bits per heavy atom. The van der Waals surface area contributed by atoms with Gasteiger partial charge in [0.1, 0.15) is 5.75 Å². The zero-order chi connectivity index (χ0) is 15.7. The average molecular weight is 300 g/mol. The molecule has 1 aliphatic carbocycles. The largest absolute Gasteiger partial charge is 0.465 e. The normalized spacial score (nSPS) is 13.7. The van der Waals surface area contributed by atoms with E-state index >= 15 is 0 Å². The molecule has 1 heterocycles. The van der Waals surface area contributed by atoms with Crippen molar-refractivity contribution in [1.82, 2.24) is 9.78 Å². The predicted octanol–water partition coefficient (Wildman–Crippen LogP) is 2.24. The van der Waals surface area contributed by atoms with E-state index in [0.29, 0.717) is 11.7 Å². The van der Waals surface area contributed by atoms with Crippen molar-refractivity contribution in [3.05, 3.63) is 51.9 Å². The van der Waals surface area contributed by atoms with E-state index in [4.69, 9.17) is 4.74 Å². The number of ether oxygens (including phenoxy) is 2. The zero-order valence-electron chi connectivity index (χ0n) is 12.4. The summed E-state index contributed by atoms with van der Waals surface area (Å²) in [4.78, 5) is 23.9. The van der Waals surface area contributed by atoms with Crippen LogP contribution in [-0.2, 0) is 11.8 Å². The molecule has 0 saturated heterocycles. The van der Waals surface area contributed by atoms with Crippen molar-refractivity contribution in [1.29, 1.82) is 0 Å². The number of esters is 1. The van der Waals surface area contributed by atoms with Crippen molar-refractivity contribution in [2.45, 2.75) is 18.8 Å². The highest BCUT2D eigenvalue weighted by atomic mass is 16.5. The van der Waals surface area contributed by atoms with Gasteiger partial charge in [-0.2, -0.15) is 5.10 Å². The minimum Gasteiger partial charge on any atom is -0.465 e. The Bertz CT molecular complexity index is 778. The van der Waals surface area contributed by atoms with E-state index in [-0.39, 0.29) is 11.3 Å². The summed E-state index contributed by atoms with van der Waals surface area (Å²) in [7, 11) is 2.69. The maximum atomic E-state index is 12.1. The van der Waals surface area contributed by atoms with Crippen molar-refractivity contribution >= 4 is 5.97 Å². The van der Waals surface area contributed by atoms with Gasteiger partial charge >= 0.3 is 5.97 Å². The third kappa shape index (κ3) is 2.72. The zero-order valence-corrected chi connectivity index (χ0v) is 12.4. The summed E-state index contributed by atoms with van der Waals surface area (Å²) in [6.45, 7) is 0. The Labute approximate surface area is 127 Å². The first-order valence-corrected chi connectivity index (χ1v) is 7.02. The van der Waals surface area contributed by atoms with Crippen LogP contribution < -0.4 is 10.3 Å². The molecule has 0 atom stereocenters. The molecule has 0 spiro atoms. The number of hydrogen-bond acceptors (Lipinski definition) is 5. The maximum Gasteiger partial charge on any atom is 0.347 e. The van der Waals surface area contributed by atoms with Crippen LogP contribution in [0.15, 0.2) is 35.3 Å². The van der Waals surface area contributed by atoms with Crippen LogP contribution in [0.5, 0.6) is 11.5 Å². The second kappa shape index (κ2) is 5.63. The van der Waals surface area contributed by atoms with Gasteiger partial charge in [-0.15, -0.1) is 0 Å². The van der Waals surface area contributed by atoms with Gasteiger partial charge in [0.2, 0.25) is 0 Å². The highest BCUT2D eigenvalue weighted by Crippen LogP contribution is 2.41. The Morgan fingerprint density at radius 1 is 1.36 bits per heavy atom. The lowest BCUT2D eigenvalue weighted by Crippen LogP contribution is -2.27. The molecule has 1 aromatic carbocycles. The lowest BCUT2D eigenvalue weighted by Gasteiger charge is -2.10. The van der Waals surface area contributed by atoms with Crippen LogP contribution in [0.25, 0.3) is 0 Å². The van der Waals surface area contributed by atoms with Gasteiger partial charge in [0.15, 0.2) is 11.3 Å². The predicted molar refractivity (Wildman–Crippen MR) is 79.3 cm³/mol. The molecule has 0 amide bonds. The topological polar surface area (TPSA) is 70.4 Å². The Balaban J connectivity index is 1.98. The van der Waals surface area contributed by atoms with Crippen molar-refractivity contribution in [3.63, 3.8) is 0 Å². The fourth-order valence-electron chi connectivity index (χ4n) is 2.27. The first kappa shape index (κ1) is 14.3. The smallest absolute Gasteiger partial charge is 0.347 e. The quantitative estimate of drug-likeness (QED) is 0.810. The number of nitrogens with zero attached hydrogens (tertiary/aromatic N) is 2. The number of carbonyl (C=O) groups excluding carboxylic acids is 1. The van der Waals surface area contributed by atoms with Crippen LogP contribution >= 0.6 is 0 Å². The van der Waals surface area contributed by atoms with Crippen molar-refractivity contribution in [3.8, 4) is 11.5 Å². The molecule has 2 aromatic rings. The van der Waals surface area contributed by atoms with E-state index in [9.17, 15) is 9.59 Å². The molecule has 3 rings (SSSR count). The molecule has 6 heteroatoms. The molecule has 0 radical (unpaired) electrons. The first-order chi connectivity index (χ1) is 10.6. The van der Waals surface area contributed by atoms with E-state index in [0.717, 1.165) is 4.68 Å². The van der Waals surface area contributed by atoms with Gasteiger partial charge in [-0.25, -0.2) is 9.48 Å². The van der Waals surface area contributed by atoms with Crippen molar-refractivity contribution in [2.24, 2.45) is 7.05 Å². The lowest BCUT2D eigenvalue weighted by molar-refractivity contribution is 0.0594. The number of hydrogen-bond donors (Lipinski definition) is 0. The Morgan fingerprint density at radius 2 is 2.14 bits per heavy atom. The molecule has 1 aliphatic rings. The summed E-state index contributed by atoms with van der Waals surface area (Å²) in [5.41, 5.74) is 0.494. The van der Waals surface area contributed by atoms with E-state index in [1.807, 2.05) is 18.2 Å².